The number of likely N-dealkylation sites (N-methyl/N-ethyl adjacent to an activating group) is 1. The molecule has 112 valence electrons. The lowest BCUT2D eigenvalue weighted by Gasteiger charge is -2.23. The smallest absolute Gasteiger partial charge is 0.161 e. The predicted octanol–water partition coefficient (Wildman–Crippen LogP) is 2.87. The summed E-state index contributed by atoms with van der Waals surface area (Å²) in [7, 11) is 5.14. The van der Waals surface area contributed by atoms with E-state index in [9.17, 15) is 5.11 Å². The molecule has 0 spiro atoms. The Kier molecular flexibility index (Phi) is 5.06. The Bertz CT molecular complexity index is 572. The summed E-state index contributed by atoms with van der Waals surface area (Å²) in [5.41, 5.74) is 1.87. The van der Waals surface area contributed by atoms with E-state index < -0.39 is 6.10 Å². The maximum Gasteiger partial charge on any atom is 0.161 e. The lowest BCUT2D eigenvalue weighted by molar-refractivity contribution is 0.184. The first-order valence-electron chi connectivity index (χ1n) is 6.82. The van der Waals surface area contributed by atoms with Crippen LogP contribution in [0, 0.1) is 0 Å². The molecule has 1 N–H and O–H groups in total. The third-order valence-corrected chi connectivity index (χ3v) is 3.44. The molecule has 2 aromatic rings. The molecule has 1 atom stereocenters. The molecule has 0 aliphatic heterocycles. The van der Waals surface area contributed by atoms with Gasteiger partial charge >= 0.3 is 0 Å². The summed E-state index contributed by atoms with van der Waals surface area (Å²) >= 11 is 0. The predicted molar refractivity (Wildman–Crippen MR) is 84.2 cm³/mol. The fraction of sp³-hybridized carbons (Fsp3) is 0.294. The molecule has 0 radical (unpaired) electrons. The normalized spacial score (nSPS) is 11.8. The largest absolute Gasteiger partial charge is 0.493 e. The number of para-hydroxylation sites is 1. The Balaban J connectivity index is 2.11. The summed E-state index contributed by atoms with van der Waals surface area (Å²) in [6, 6.07) is 15.4. The van der Waals surface area contributed by atoms with Crippen LogP contribution >= 0.6 is 0 Å². The number of anilines is 1. The average molecular weight is 287 g/mol. The van der Waals surface area contributed by atoms with Crippen LogP contribution in [0.5, 0.6) is 11.5 Å². The first-order valence-corrected chi connectivity index (χ1v) is 6.82. The lowest BCUT2D eigenvalue weighted by atomic mass is 10.1. The molecule has 0 saturated carbocycles. The number of rotatable bonds is 6. The van der Waals surface area contributed by atoms with Gasteiger partial charge in [-0.15, -0.1) is 0 Å². The SMILES string of the molecule is COc1ccc(C(O)CN(C)c2ccccc2)cc1OC. The lowest BCUT2D eigenvalue weighted by Crippen LogP contribution is -2.24. The Hall–Kier alpha value is -2.20. The van der Waals surface area contributed by atoms with Crippen molar-refractivity contribution < 1.29 is 14.6 Å². The van der Waals surface area contributed by atoms with Crippen LogP contribution in [-0.4, -0.2) is 32.9 Å². The van der Waals surface area contributed by atoms with Crippen molar-refractivity contribution in [1.82, 2.24) is 0 Å². The van der Waals surface area contributed by atoms with Gasteiger partial charge in [0.15, 0.2) is 11.5 Å². The number of nitrogens with zero attached hydrogens (tertiary/aromatic N) is 1. The molecule has 1 unspecified atom stereocenters. The highest BCUT2D eigenvalue weighted by Gasteiger charge is 2.14. The third-order valence-electron chi connectivity index (χ3n) is 3.44. The zero-order valence-electron chi connectivity index (χ0n) is 12.6. The molecule has 4 nitrogen and oxygen atoms in total. The van der Waals surface area contributed by atoms with Crippen molar-refractivity contribution in [3.8, 4) is 11.5 Å². The number of aliphatic hydroxyl groups is 1. The second kappa shape index (κ2) is 6.99. The fourth-order valence-electron chi connectivity index (χ4n) is 2.21. The molecule has 0 aliphatic rings. The van der Waals surface area contributed by atoms with E-state index in [4.69, 9.17) is 9.47 Å². The summed E-state index contributed by atoms with van der Waals surface area (Å²) in [4.78, 5) is 2.02. The molecule has 21 heavy (non-hydrogen) atoms. The van der Waals surface area contributed by atoms with Gasteiger partial charge in [0.2, 0.25) is 0 Å². The summed E-state index contributed by atoms with van der Waals surface area (Å²) in [6.07, 6.45) is -0.602. The second-order valence-corrected chi connectivity index (χ2v) is 4.85. The molecule has 0 fully saturated rings. The van der Waals surface area contributed by atoms with E-state index in [0.717, 1.165) is 11.3 Å². The van der Waals surface area contributed by atoms with Crippen LogP contribution in [0.4, 0.5) is 5.69 Å². The fourth-order valence-corrected chi connectivity index (χ4v) is 2.21. The van der Waals surface area contributed by atoms with Crippen LogP contribution in [0.2, 0.25) is 0 Å². The van der Waals surface area contributed by atoms with E-state index in [0.29, 0.717) is 18.0 Å². The zero-order chi connectivity index (χ0) is 15.2. The standard InChI is InChI=1S/C17H21NO3/c1-18(14-7-5-4-6-8-14)12-15(19)13-9-10-16(20-2)17(11-13)21-3/h4-11,15,19H,12H2,1-3H3. The molecule has 2 rings (SSSR count). The van der Waals surface area contributed by atoms with E-state index in [-0.39, 0.29) is 0 Å². The zero-order valence-corrected chi connectivity index (χ0v) is 12.6. The van der Waals surface area contributed by atoms with Gasteiger partial charge in [0.1, 0.15) is 0 Å². The minimum absolute atomic E-state index is 0.500. The van der Waals surface area contributed by atoms with Gasteiger partial charge in [0.05, 0.1) is 20.3 Å². The van der Waals surface area contributed by atoms with Gasteiger partial charge in [0.25, 0.3) is 0 Å². The Morgan fingerprint density at radius 3 is 2.29 bits per heavy atom. The van der Waals surface area contributed by atoms with E-state index in [2.05, 4.69) is 0 Å². The summed E-state index contributed by atoms with van der Waals surface area (Å²) < 4.78 is 10.5. The topological polar surface area (TPSA) is 41.9 Å². The summed E-state index contributed by atoms with van der Waals surface area (Å²) in [6.45, 7) is 0.500. The minimum Gasteiger partial charge on any atom is -0.493 e. The Morgan fingerprint density at radius 1 is 1.00 bits per heavy atom. The van der Waals surface area contributed by atoms with Gasteiger partial charge in [-0.25, -0.2) is 0 Å². The Labute approximate surface area is 125 Å². The number of aliphatic hydroxyl groups excluding tert-OH is 1. The molecule has 0 aromatic heterocycles. The van der Waals surface area contributed by atoms with E-state index in [1.807, 2.05) is 54.4 Å². The molecular weight excluding hydrogens is 266 g/mol. The van der Waals surface area contributed by atoms with Crippen molar-refractivity contribution in [3.63, 3.8) is 0 Å². The molecule has 0 aliphatic carbocycles. The van der Waals surface area contributed by atoms with Crippen molar-refractivity contribution in [2.24, 2.45) is 0 Å². The van der Waals surface area contributed by atoms with E-state index in [1.165, 1.54) is 0 Å². The number of benzene rings is 2. The first-order chi connectivity index (χ1) is 10.2. The molecule has 0 bridgehead atoms. The molecular formula is C17H21NO3. The highest BCUT2D eigenvalue weighted by molar-refractivity contribution is 5.47. The van der Waals surface area contributed by atoms with Crippen LogP contribution in [0.15, 0.2) is 48.5 Å². The van der Waals surface area contributed by atoms with Gasteiger partial charge in [-0.3, -0.25) is 0 Å². The average Bonchev–Trinajstić information content (AvgIpc) is 2.54. The summed E-state index contributed by atoms with van der Waals surface area (Å²) in [5.74, 6) is 1.28. The Morgan fingerprint density at radius 2 is 1.67 bits per heavy atom. The van der Waals surface area contributed by atoms with Gasteiger partial charge < -0.3 is 19.5 Å². The number of hydrogen-bond acceptors (Lipinski definition) is 4. The van der Waals surface area contributed by atoms with Crippen LogP contribution < -0.4 is 14.4 Å². The first kappa shape index (κ1) is 15.2. The third kappa shape index (κ3) is 3.67. The van der Waals surface area contributed by atoms with Crippen LogP contribution in [0.3, 0.4) is 0 Å². The van der Waals surface area contributed by atoms with Gasteiger partial charge in [-0.05, 0) is 29.8 Å². The highest BCUT2D eigenvalue weighted by atomic mass is 16.5. The van der Waals surface area contributed by atoms with E-state index in [1.54, 1.807) is 20.3 Å². The molecule has 2 aromatic carbocycles. The molecule has 0 saturated heterocycles. The van der Waals surface area contributed by atoms with Gasteiger partial charge in [0, 0.05) is 19.3 Å². The number of methoxy groups -OCH3 is 2. The summed E-state index contributed by atoms with van der Waals surface area (Å²) in [5, 5.41) is 10.4. The highest BCUT2D eigenvalue weighted by Crippen LogP contribution is 2.30. The quantitative estimate of drug-likeness (QED) is 0.887. The maximum absolute atomic E-state index is 10.4. The molecule has 4 heteroatoms. The van der Waals surface area contributed by atoms with Crippen molar-refractivity contribution in [2.75, 3.05) is 32.7 Å². The van der Waals surface area contributed by atoms with Crippen molar-refractivity contribution >= 4 is 5.69 Å². The monoisotopic (exact) mass is 287 g/mol. The van der Waals surface area contributed by atoms with Crippen molar-refractivity contribution in [3.05, 3.63) is 54.1 Å². The van der Waals surface area contributed by atoms with Gasteiger partial charge in [-0.1, -0.05) is 24.3 Å². The van der Waals surface area contributed by atoms with Crippen molar-refractivity contribution in [1.29, 1.82) is 0 Å². The molecule has 0 amide bonds. The van der Waals surface area contributed by atoms with Crippen LogP contribution in [0.25, 0.3) is 0 Å². The maximum atomic E-state index is 10.4. The number of hydrogen-bond donors (Lipinski definition) is 1. The van der Waals surface area contributed by atoms with Crippen molar-refractivity contribution in [2.45, 2.75) is 6.10 Å². The molecule has 0 heterocycles. The second-order valence-electron chi connectivity index (χ2n) is 4.85. The van der Waals surface area contributed by atoms with Crippen LogP contribution in [-0.2, 0) is 0 Å². The number of ether oxygens (including phenoxy) is 2. The van der Waals surface area contributed by atoms with Crippen LogP contribution in [0.1, 0.15) is 11.7 Å². The van der Waals surface area contributed by atoms with E-state index >= 15 is 0 Å². The minimum atomic E-state index is -0.602. The van der Waals surface area contributed by atoms with Gasteiger partial charge in [-0.2, -0.15) is 0 Å².